The second-order valence-electron chi connectivity index (χ2n) is 3.60. The van der Waals surface area contributed by atoms with Crippen molar-refractivity contribution < 1.29 is 9.26 Å². The van der Waals surface area contributed by atoms with E-state index in [1.807, 2.05) is 0 Å². The van der Waals surface area contributed by atoms with Crippen LogP contribution in [0.15, 0.2) is 4.52 Å². The quantitative estimate of drug-likeness (QED) is 0.792. The number of aromatic nitrogens is 2. The molecule has 2 unspecified atom stereocenters. The Bertz CT molecular complexity index is 300. The van der Waals surface area contributed by atoms with E-state index >= 15 is 0 Å². The summed E-state index contributed by atoms with van der Waals surface area (Å²) in [5, 5.41) is 6.92. The first kappa shape index (κ1) is 9.45. The van der Waals surface area contributed by atoms with Gasteiger partial charge in [0.1, 0.15) is 0 Å². The van der Waals surface area contributed by atoms with Gasteiger partial charge in [-0.3, -0.25) is 0 Å². The Balaban J connectivity index is 1.96. The van der Waals surface area contributed by atoms with Crippen LogP contribution in [0.25, 0.3) is 0 Å². The first-order valence-electron chi connectivity index (χ1n) is 4.89. The topological polar surface area (TPSA) is 60.2 Å². The summed E-state index contributed by atoms with van der Waals surface area (Å²) in [5.74, 6) is 0.652. The van der Waals surface area contributed by atoms with E-state index in [0.29, 0.717) is 17.9 Å². The number of hydrogen-bond donors (Lipinski definition) is 1. The molecule has 0 amide bonds. The highest BCUT2D eigenvalue weighted by molar-refractivity contribution is 5.22. The largest absolute Gasteiger partial charge is 0.379 e. The van der Waals surface area contributed by atoms with E-state index in [-0.39, 0.29) is 6.10 Å². The van der Waals surface area contributed by atoms with Crippen LogP contribution in [0.2, 0.25) is 0 Å². The van der Waals surface area contributed by atoms with E-state index in [1.165, 1.54) is 6.42 Å². The molecule has 1 saturated carbocycles. The summed E-state index contributed by atoms with van der Waals surface area (Å²) >= 11 is 0. The summed E-state index contributed by atoms with van der Waals surface area (Å²) in [4.78, 5) is 4.10. The molecule has 1 fully saturated rings. The fourth-order valence-corrected chi connectivity index (χ4v) is 1.89. The van der Waals surface area contributed by atoms with Gasteiger partial charge in [0.05, 0.1) is 12.1 Å². The molecule has 2 atom stereocenters. The Labute approximate surface area is 82.8 Å². The fourth-order valence-electron chi connectivity index (χ4n) is 1.89. The zero-order valence-electron chi connectivity index (χ0n) is 8.49. The summed E-state index contributed by atoms with van der Waals surface area (Å²) in [6.07, 6.45) is 3.65. The third-order valence-corrected chi connectivity index (χ3v) is 2.59. The average Bonchev–Trinajstić information content (AvgIpc) is 2.76. The van der Waals surface area contributed by atoms with Crippen molar-refractivity contribution in [2.75, 3.05) is 12.4 Å². The third kappa shape index (κ3) is 1.87. The SMILES string of the molecule is COC1CCCC1Nc1nc(C)no1. The Morgan fingerprint density at radius 1 is 1.50 bits per heavy atom. The number of hydrogen-bond acceptors (Lipinski definition) is 5. The van der Waals surface area contributed by atoms with Crippen LogP contribution in [-0.2, 0) is 4.74 Å². The maximum atomic E-state index is 5.35. The van der Waals surface area contributed by atoms with Crippen molar-refractivity contribution in [2.45, 2.75) is 38.3 Å². The molecule has 1 N–H and O–H groups in total. The monoisotopic (exact) mass is 197 g/mol. The lowest BCUT2D eigenvalue weighted by atomic mass is 10.2. The standard InChI is InChI=1S/C9H15N3O2/c1-6-10-9(14-12-6)11-7-4-3-5-8(7)13-2/h7-8H,3-5H2,1-2H3,(H,10,11,12). The molecule has 2 rings (SSSR count). The Hall–Kier alpha value is -1.10. The minimum Gasteiger partial charge on any atom is -0.379 e. The zero-order valence-corrected chi connectivity index (χ0v) is 8.49. The highest BCUT2D eigenvalue weighted by atomic mass is 16.5. The van der Waals surface area contributed by atoms with E-state index in [0.717, 1.165) is 12.8 Å². The molecule has 5 nitrogen and oxygen atoms in total. The molecule has 0 bridgehead atoms. The molecule has 0 aliphatic heterocycles. The summed E-state index contributed by atoms with van der Waals surface area (Å²) in [7, 11) is 1.74. The Morgan fingerprint density at radius 2 is 2.36 bits per heavy atom. The van der Waals surface area contributed by atoms with Gasteiger partial charge in [-0.2, -0.15) is 4.98 Å². The smallest absolute Gasteiger partial charge is 0.321 e. The lowest BCUT2D eigenvalue weighted by molar-refractivity contribution is 0.1000. The van der Waals surface area contributed by atoms with E-state index in [2.05, 4.69) is 15.5 Å². The van der Waals surface area contributed by atoms with Gasteiger partial charge in [-0.25, -0.2) is 0 Å². The van der Waals surface area contributed by atoms with Crippen LogP contribution in [0.4, 0.5) is 6.01 Å². The van der Waals surface area contributed by atoms with E-state index in [1.54, 1.807) is 14.0 Å². The first-order chi connectivity index (χ1) is 6.79. The van der Waals surface area contributed by atoms with E-state index in [9.17, 15) is 0 Å². The highest BCUT2D eigenvalue weighted by Gasteiger charge is 2.28. The summed E-state index contributed by atoms with van der Waals surface area (Å²) in [5.41, 5.74) is 0. The molecule has 1 heterocycles. The molecule has 14 heavy (non-hydrogen) atoms. The molecular weight excluding hydrogens is 182 g/mol. The molecule has 1 aliphatic carbocycles. The molecule has 0 radical (unpaired) electrons. The van der Waals surface area contributed by atoms with Crippen LogP contribution in [0.1, 0.15) is 25.1 Å². The Kier molecular flexibility index (Phi) is 2.67. The van der Waals surface area contributed by atoms with Crippen LogP contribution < -0.4 is 5.32 Å². The molecular formula is C9H15N3O2. The van der Waals surface area contributed by atoms with Gasteiger partial charge in [0, 0.05) is 7.11 Å². The second kappa shape index (κ2) is 3.96. The normalized spacial score (nSPS) is 26.7. The average molecular weight is 197 g/mol. The molecule has 0 aromatic carbocycles. The molecule has 5 heteroatoms. The molecule has 1 aromatic rings. The van der Waals surface area contributed by atoms with Gasteiger partial charge in [0.25, 0.3) is 0 Å². The summed E-state index contributed by atoms with van der Waals surface area (Å²) in [6.45, 7) is 1.80. The third-order valence-electron chi connectivity index (χ3n) is 2.59. The molecule has 1 aromatic heterocycles. The van der Waals surface area contributed by atoms with Crippen molar-refractivity contribution in [2.24, 2.45) is 0 Å². The lowest BCUT2D eigenvalue weighted by Crippen LogP contribution is -2.29. The Morgan fingerprint density at radius 3 is 3.00 bits per heavy atom. The molecule has 78 valence electrons. The number of ether oxygens (including phenoxy) is 1. The van der Waals surface area contributed by atoms with Crippen molar-refractivity contribution in [3.05, 3.63) is 5.82 Å². The van der Waals surface area contributed by atoms with Crippen molar-refractivity contribution in [3.8, 4) is 0 Å². The minimum absolute atomic E-state index is 0.266. The maximum Gasteiger partial charge on any atom is 0.321 e. The molecule has 1 aliphatic rings. The second-order valence-corrected chi connectivity index (χ2v) is 3.60. The highest BCUT2D eigenvalue weighted by Crippen LogP contribution is 2.24. The van der Waals surface area contributed by atoms with Gasteiger partial charge in [-0.15, -0.1) is 0 Å². The first-order valence-corrected chi connectivity index (χ1v) is 4.89. The summed E-state index contributed by atoms with van der Waals surface area (Å²) in [6, 6.07) is 0.802. The molecule has 0 saturated heterocycles. The predicted octanol–water partition coefficient (Wildman–Crippen LogP) is 1.36. The van der Waals surface area contributed by atoms with Crippen LogP contribution in [0, 0.1) is 6.92 Å². The minimum atomic E-state index is 0.266. The number of methoxy groups -OCH3 is 1. The van der Waals surface area contributed by atoms with Gasteiger partial charge in [0.2, 0.25) is 0 Å². The van der Waals surface area contributed by atoms with Gasteiger partial charge in [-0.05, 0) is 26.2 Å². The van der Waals surface area contributed by atoms with Crippen molar-refractivity contribution in [3.63, 3.8) is 0 Å². The zero-order chi connectivity index (χ0) is 9.97. The number of rotatable bonds is 3. The van der Waals surface area contributed by atoms with Gasteiger partial charge < -0.3 is 14.6 Å². The number of anilines is 1. The summed E-state index contributed by atoms with van der Waals surface area (Å²) < 4.78 is 10.3. The van der Waals surface area contributed by atoms with Gasteiger partial charge >= 0.3 is 6.01 Å². The van der Waals surface area contributed by atoms with Crippen molar-refractivity contribution in [1.82, 2.24) is 10.1 Å². The number of nitrogens with one attached hydrogen (secondary N) is 1. The predicted molar refractivity (Wildman–Crippen MR) is 51.1 cm³/mol. The van der Waals surface area contributed by atoms with Crippen LogP contribution in [-0.4, -0.2) is 29.4 Å². The van der Waals surface area contributed by atoms with Crippen LogP contribution in [0.5, 0.6) is 0 Å². The van der Waals surface area contributed by atoms with Crippen molar-refractivity contribution >= 4 is 6.01 Å². The van der Waals surface area contributed by atoms with Crippen LogP contribution >= 0.6 is 0 Å². The van der Waals surface area contributed by atoms with Crippen LogP contribution in [0.3, 0.4) is 0 Å². The number of aryl methyl sites for hydroxylation is 1. The van der Waals surface area contributed by atoms with E-state index < -0.39 is 0 Å². The number of nitrogens with zero attached hydrogens (tertiary/aromatic N) is 2. The maximum absolute atomic E-state index is 5.35. The fraction of sp³-hybridized carbons (Fsp3) is 0.778. The van der Waals surface area contributed by atoms with E-state index in [4.69, 9.17) is 9.26 Å². The van der Waals surface area contributed by atoms with Gasteiger partial charge in [-0.1, -0.05) is 5.16 Å². The van der Waals surface area contributed by atoms with Crippen molar-refractivity contribution in [1.29, 1.82) is 0 Å². The lowest BCUT2D eigenvalue weighted by Gasteiger charge is -2.17. The van der Waals surface area contributed by atoms with Gasteiger partial charge in [0.15, 0.2) is 5.82 Å². The molecule has 0 spiro atoms.